The van der Waals surface area contributed by atoms with E-state index >= 15 is 0 Å². The molecule has 0 aliphatic rings. The molecule has 0 bridgehead atoms. The third-order valence-electron chi connectivity index (χ3n) is 5.55. The molecule has 0 fully saturated rings. The van der Waals surface area contributed by atoms with Gasteiger partial charge >= 0.3 is 0 Å². The first kappa shape index (κ1) is 22.9. The summed E-state index contributed by atoms with van der Waals surface area (Å²) in [6, 6.07) is 23.1. The third kappa shape index (κ3) is 4.45. The van der Waals surface area contributed by atoms with Crippen molar-refractivity contribution in [3.63, 3.8) is 0 Å². The van der Waals surface area contributed by atoms with Gasteiger partial charge in [0, 0.05) is 30.9 Å². The topological polar surface area (TPSA) is 65.8 Å². The van der Waals surface area contributed by atoms with Gasteiger partial charge in [-0.15, -0.1) is 0 Å². The maximum Gasteiger partial charge on any atom is 0.257 e. The van der Waals surface area contributed by atoms with E-state index in [0.717, 1.165) is 16.8 Å². The zero-order chi connectivity index (χ0) is 24.1. The van der Waals surface area contributed by atoms with Crippen molar-refractivity contribution in [1.82, 2.24) is 14.7 Å². The highest BCUT2D eigenvalue weighted by molar-refractivity contribution is 5.99. The molecule has 0 unspecified atom stereocenters. The van der Waals surface area contributed by atoms with Gasteiger partial charge in [0.05, 0.1) is 32.6 Å². The summed E-state index contributed by atoms with van der Waals surface area (Å²) < 4.78 is 18.2. The van der Waals surface area contributed by atoms with E-state index in [1.807, 2.05) is 66.7 Å². The second kappa shape index (κ2) is 10.1. The second-order valence-corrected chi connectivity index (χ2v) is 7.69. The van der Waals surface area contributed by atoms with Crippen molar-refractivity contribution in [2.24, 2.45) is 0 Å². The second-order valence-electron chi connectivity index (χ2n) is 7.69. The number of hydrogen-bond acceptors (Lipinski definition) is 5. The van der Waals surface area contributed by atoms with Crippen molar-refractivity contribution < 1.29 is 19.0 Å². The molecule has 1 amide bonds. The van der Waals surface area contributed by atoms with Gasteiger partial charge in [-0.25, -0.2) is 4.68 Å². The Morgan fingerprint density at radius 3 is 2.12 bits per heavy atom. The Kier molecular flexibility index (Phi) is 6.82. The van der Waals surface area contributed by atoms with Gasteiger partial charge in [0.1, 0.15) is 5.69 Å². The maximum absolute atomic E-state index is 13.6. The lowest BCUT2D eigenvalue weighted by molar-refractivity contribution is 0.0784. The molecule has 34 heavy (non-hydrogen) atoms. The SMILES string of the molecule is COc1ccc(CN(C)C(=O)c2cn(-c3ccccc3)nc2-c2ccccc2)c(OC)c1OC. The van der Waals surface area contributed by atoms with Gasteiger partial charge in [0.2, 0.25) is 5.75 Å². The molecule has 7 nitrogen and oxygen atoms in total. The minimum absolute atomic E-state index is 0.155. The van der Waals surface area contributed by atoms with Gasteiger partial charge < -0.3 is 19.1 Å². The Morgan fingerprint density at radius 2 is 1.50 bits per heavy atom. The minimum Gasteiger partial charge on any atom is -0.493 e. The number of methoxy groups -OCH3 is 3. The number of amides is 1. The van der Waals surface area contributed by atoms with Gasteiger partial charge in [0.15, 0.2) is 11.5 Å². The smallest absolute Gasteiger partial charge is 0.257 e. The van der Waals surface area contributed by atoms with Crippen LogP contribution in [-0.4, -0.2) is 49.0 Å². The normalized spacial score (nSPS) is 10.6. The van der Waals surface area contributed by atoms with Gasteiger partial charge in [-0.1, -0.05) is 48.5 Å². The Bertz CT molecular complexity index is 1270. The van der Waals surface area contributed by atoms with Crippen LogP contribution in [0.25, 0.3) is 16.9 Å². The average Bonchev–Trinajstić information content (AvgIpc) is 3.34. The lowest BCUT2D eigenvalue weighted by atomic mass is 10.1. The van der Waals surface area contributed by atoms with Crippen molar-refractivity contribution in [1.29, 1.82) is 0 Å². The van der Waals surface area contributed by atoms with E-state index < -0.39 is 0 Å². The number of hydrogen-bond donors (Lipinski definition) is 0. The summed E-state index contributed by atoms with van der Waals surface area (Å²) in [4.78, 5) is 15.3. The number of ether oxygens (including phenoxy) is 3. The van der Waals surface area contributed by atoms with E-state index in [1.165, 1.54) is 0 Å². The number of benzene rings is 3. The van der Waals surface area contributed by atoms with Crippen LogP contribution in [0.5, 0.6) is 17.2 Å². The number of carbonyl (C=O) groups excluding carboxylic acids is 1. The number of carbonyl (C=O) groups is 1. The van der Waals surface area contributed by atoms with E-state index in [0.29, 0.717) is 35.1 Å². The molecule has 1 heterocycles. The lowest BCUT2D eigenvalue weighted by Crippen LogP contribution is -2.26. The van der Waals surface area contributed by atoms with Crippen LogP contribution in [0.2, 0.25) is 0 Å². The third-order valence-corrected chi connectivity index (χ3v) is 5.55. The van der Waals surface area contributed by atoms with Crippen LogP contribution in [-0.2, 0) is 6.54 Å². The van der Waals surface area contributed by atoms with E-state index in [9.17, 15) is 4.79 Å². The Balaban J connectivity index is 1.71. The summed E-state index contributed by atoms with van der Waals surface area (Å²) in [5, 5.41) is 4.75. The summed E-state index contributed by atoms with van der Waals surface area (Å²) in [5.41, 5.74) is 3.69. The van der Waals surface area contributed by atoms with Crippen LogP contribution < -0.4 is 14.2 Å². The molecule has 174 valence electrons. The predicted octanol–water partition coefficient (Wildman–Crippen LogP) is 4.84. The molecule has 0 atom stereocenters. The fourth-order valence-electron chi connectivity index (χ4n) is 3.87. The van der Waals surface area contributed by atoms with Crippen molar-refractivity contribution in [3.8, 4) is 34.2 Å². The predicted molar refractivity (Wildman–Crippen MR) is 131 cm³/mol. The van der Waals surface area contributed by atoms with Gasteiger partial charge in [-0.05, 0) is 24.3 Å². The molecule has 1 aromatic heterocycles. The molecular weight excluding hydrogens is 430 g/mol. The molecule has 0 saturated carbocycles. The number of aromatic nitrogens is 2. The van der Waals surface area contributed by atoms with Crippen LogP contribution in [0.3, 0.4) is 0 Å². The Morgan fingerprint density at radius 1 is 0.853 bits per heavy atom. The molecule has 4 rings (SSSR count). The first-order valence-electron chi connectivity index (χ1n) is 10.8. The minimum atomic E-state index is -0.155. The fourth-order valence-corrected chi connectivity index (χ4v) is 3.87. The van der Waals surface area contributed by atoms with Crippen LogP contribution in [0.15, 0.2) is 79.0 Å². The van der Waals surface area contributed by atoms with Crippen molar-refractivity contribution in [3.05, 3.63) is 90.1 Å². The first-order valence-corrected chi connectivity index (χ1v) is 10.8. The highest BCUT2D eigenvalue weighted by Gasteiger charge is 2.24. The van der Waals surface area contributed by atoms with Crippen LogP contribution >= 0.6 is 0 Å². The molecule has 3 aromatic carbocycles. The van der Waals surface area contributed by atoms with Gasteiger partial charge in [-0.2, -0.15) is 5.10 Å². The molecule has 4 aromatic rings. The van der Waals surface area contributed by atoms with E-state index in [2.05, 4.69) is 0 Å². The quantitative estimate of drug-likeness (QED) is 0.379. The Labute approximate surface area is 199 Å². The fraction of sp³-hybridized carbons (Fsp3) is 0.185. The lowest BCUT2D eigenvalue weighted by Gasteiger charge is -2.21. The van der Waals surface area contributed by atoms with Crippen LogP contribution in [0, 0.1) is 0 Å². The molecule has 0 aliphatic carbocycles. The summed E-state index contributed by atoms with van der Waals surface area (Å²) in [7, 11) is 6.46. The molecule has 0 aliphatic heterocycles. The largest absolute Gasteiger partial charge is 0.493 e. The van der Waals surface area contributed by atoms with Crippen molar-refractivity contribution in [2.75, 3.05) is 28.4 Å². The first-order chi connectivity index (χ1) is 16.6. The summed E-state index contributed by atoms with van der Waals surface area (Å²) in [6.07, 6.45) is 1.78. The number of para-hydroxylation sites is 1. The van der Waals surface area contributed by atoms with E-state index in [-0.39, 0.29) is 5.91 Å². The molecule has 7 heteroatoms. The van der Waals surface area contributed by atoms with Crippen LogP contribution in [0.4, 0.5) is 0 Å². The highest BCUT2D eigenvalue weighted by atomic mass is 16.5. The standard InChI is InChI=1S/C27H27N3O4/c1-29(17-20-15-16-23(32-2)26(34-4)25(20)33-3)27(31)22-18-30(21-13-9-6-10-14-21)28-24(22)19-11-7-5-8-12-19/h5-16,18H,17H2,1-4H3. The van der Waals surface area contributed by atoms with Crippen molar-refractivity contribution in [2.45, 2.75) is 6.54 Å². The summed E-state index contributed by atoms with van der Waals surface area (Å²) >= 11 is 0. The molecular formula is C27H27N3O4. The maximum atomic E-state index is 13.6. The molecule has 0 spiro atoms. The zero-order valence-electron chi connectivity index (χ0n) is 19.7. The molecule has 0 saturated heterocycles. The highest BCUT2D eigenvalue weighted by Crippen LogP contribution is 2.40. The number of rotatable bonds is 8. The van der Waals surface area contributed by atoms with Gasteiger partial charge in [-0.3, -0.25) is 4.79 Å². The number of nitrogens with zero attached hydrogens (tertiary/aromatic N) is 3. The van der Waals surface area contributed by atoms with E-state index in [1.54, 1.807) is 50.2 Å². The van der Waals surface area contributed by atoms with E-state index in [4.69, 9.17) is 19.3 Å². The molecule has 0 radical (unpaired) electrons. The summed E-state index contributed by atoms with van der Waals surface area (Å²) in [5.74, 6) is 1.43. The average molecular weight is 458 g/mol. The van der Waals surface area contributed by atoms with Crippen molar-refractivity contribution >= 4 is 5.91 Å². The zero-order valence-corrected chi connectivity index (χ0v) is 19.7. The summed E-state index contributed by atoms with van der Waals surface area (Å²) in [6.45, 7) is 0.313. The monoisotopic (exact) mass is 457 g/mol. The molecule has 0 N–H and O–H groups in total. The van der Waals surface area contributed by atoms with Gasteiger partial charge in [0.25, 0.3) is 5.91 Å². The van der Waals surface area contributed by atoms with Crippen LogP contribution in [0.1, 0.15) is 15.9 Å². The Hall–Kier alpha value is -4.26.